The number of halogens is 1. The Morgan fingerprint density at radius 1 is 1.24 bits per heavy atom. The summed E-state index contributed by atoms with van der Waals surface area (Å²) in [7, 11) is 0. The zero-order chi connectivity index (χ0) is 12.3. The third-order valence-corrected chi connectivity index (χ3v) is 3.69. The fourth-order valence-electron chi connectivity index (χ4n) is 2.54. The summed E-state index contributed by atoms with van der Waals surface area (Å²) in [6, 6.07) is 6.24. The largest absolute Gasteiger partial charge is 0.330 e. The molecule has 3 heteroatoms. The van der Waals surface area contributed by atoms with E-state index in [0.717, 1.165) is 25.7 Å². The Labute approximate surface area is 101 Å². The van der Waals surface area contributed by atoms with Crippen molar-refractivity contribution in [3.8, 4) is 0 Å². The molecule has 0 atom stereocenters. The van der Waals surface area contributed by atoms with Gasteiger partial charge in [-0.3, -0.25) is 4.79 Å². The number of carbonyl (C=O) groups excluding carboxylic acids is 1. The monoisotopic (exact) mass is 235 g/mol. The van der Waals surface area contributed by atoms with Gasteiger partial charge in [0, 0.05) is 5.92 Å². The van der Waals surface area contributed by atoms with Gasteiger partial charge < -0.3 is 5.73 Å². The maximum atomic E-state index is 13.5. The predicted molar refractivity (Wildman–Crippen MR) is 65.2 cm³/mol. The summed E-state index contributed by atoms with van der Waals surface area (Å²) >= 11 is 0. The molecule has 1 saturated carbocycles. The zero-order valence-electron chi connectivity index (χ0n) is 9.86. The number of nitrogens with two attached hydrogens (primary N) is 1. The minimum absolute atomic E-state index is 0.0188. The van der Waals surface area contributed by atoms with Gasteiger partial charge in [-0.25, -0.2) is 4.39 Å². The van der Waals surface area contributed by atoms with Crippen molar-refractivity contribution in [2.24, 2.45) is 17.6 Å². The molecule has 0 heterocycles. The molecule has 92 valence electrons. The van der Waals surface area contributed by atoms with Gasteiger partial charge in [-0.05, 0) is 50.3 Å². The average molecular weight is 235 g/mol. The quantitative estimate of drug-likeness (QED) is 0.819. The standard InChI is InChI=1S/C14H18FNO/c15-13-4-2-1-3-12(13)14(17)11-7-5-10(9-16)6-8-11/h1-4,10-11H,5-9,16H2. The van der Waals surface area contributed by atoms with E-state index < -0.39 is 5.82 Å². The minimum atomic E-state index is -0.404. The molecule has 1 aromatic carbocycles. The van der Waals surface area contributed by atoms with Crippen molar-refractivity contribution in [1.29, 1.82) is 0 Å². The van der Waals surface area contributed by atoms with Crippen molar-refractivity contribution >= 4 is 5.78 Å². The van der Waals surface area contributed by atoms with Crippen LogP contribution in [0.15, 0.2) is 24.3 Å². The molecule has 1 aliphatic carbocycles. The fourth-order valence-corrected chi connectivity index (χ4v) is 2.54. The predicted octanol–water partition coefficient (Wildman–Crippen LogP) is 2.77. The molecule has 1 fully saturated rings. The number of Topliss-reactive ketones (excluding diaryl/α,β-unsaturated/α-hetero) is 1. The van der Waals surface area contributed by atoms with E-state index in [4.69, 9.17) is 5.73 Å². The van der Waals surface area contributed by atoms with Crippen LogP contribution in [0.2, 0.25) is 0 Å². The third kappa shape index (κ3) is 2.72. The maximum Gasteiger partial charge on any atom is 0.168 e. The van der Waals surface area contributed by atoms with Gasteiger partial charge in [0.25, 0.3) is 0 Å². The number of benzene rings is 1. The number of hydrogen-bond donors (Lipinski definition) is 1. The number of ketones is 1. The molecule has 0 amide bonds. The lowest BCUT2D eigenvalue weighted by atomic mass is 9.78. The Bertz CT molecular complexity index is 397. The van der Waals surface area contributed by atoms with Gasteiger partial charge in [-0.15, -0.1) is 0 Å². The van der Waals surface area contributed by atoms with E-state index in [-0.39, 0.29) is 17.3 Å². The zero-order valence-corrected chi connectivity index (χ0v) is 9.86. The Balaban J connectivity index is 2.04. The first-order valence-corrected chi connectivity index (χ1v) is 6.21. The molecule has 2 N–H and O–H groups in total. The molecule has 2 rings (SSSR count). The molecule has 0 unspecified atom stereocenters. The van der Waals surface area contributed by atoms with Gasteiger partial charge >= 0.3 is 0 Å². The first-order chi connectivity index (χ1) is 8.22. The lowest BCUT2D eigenvalue weighted by Gasteiger charge is -2.26. The second-order valence-corrected chi connectivity index (χ2v) is 4.80. The molecule has 0 radical (unpaired) electrons. The highest BCUT2D eigenvalue weighted by atomic mass is 19.1. The molecular weight excluding hydrogens is 217 g/mol. The highest BCUT2D eigenvalue weighted by Gasteiger charge is 2.27. The maximum absolute atomic E-state index is 13.5. The molecule has 0 aliphatic heterocycles. The minimum Gasteiger partial charge on any atom is -0.330 e. The van der Waals surface area contributed by atoms with Crippen LogP contribution in [0.1, 0.15) is 36.0 Å². The van der Waals surface area contributed by atoms with Gasteiger partial charge in [0.05, 0.1) is 5.56 Å². The van der Waals surface area contributed by atoms with E-state index in [1.165, 1.54) is 6.07 Å². The van der Waals surface area contributed by atoms with E-state index in [1.54, 1.807) is 18.2 Å². The third-order valence-electron chi connectivity index (χ3n) is 3.69. The second-order valence-electron chi connectivity index (χ2n) is 4.80. The topological polar surface area (TPSA) is 43.1 Å². The van der Waals surface area contributed by atoms with E-state index in [9.17, 15) is 9.18 Å². The smallest absolute Gasteiger partial charge is 0.168 e. The Morgan fingerprint density at radius 2 is 1.88 bits per heavy atom. The number of carbonyl (C=O) groups is 1. The van der Waals surface area contributed by atoms with Crippen LogP contribution in [0.3, 0.4) is 0 Å². The van der Waals surface area contributed by atoms with Gasteiger partial charge in [0.1, 0.15) is 5.82 Å². The van der Waals surface area contributed by atoms with Crippen molar-refractivity contribution in [2.75, 3.05) is 6.54 Å². The summed E-state index contributed by atoms with van der Waals surface area (Å²) < 4.78 is 13.5. The first-order valence-electron chi connectivity index (χ1n) is 6.21. The first kappa shape index (κ1) is 12.2. The van der Waals surface area contributed by atoms with Crippen LogP contribution in [0.4, 0.5) is 4.39 Å². The molecule has 0 spiro atoms. The SMILES string of the molecule is NCC1CCC(C(=O)c2ccccc2F)CC1. The van der Waals surface area contributed by atoms with Crippen molar-refractivity contribution in [3.05, 3.63) is 35.6 Å². The van der Waals surface area contributed by atoms with E-state index in [2.05, 4.69) is 0 Å². The number of rotatable bonds is 3. The van der Waals surface area contributed by atoms with E-state index in [0.29, 0.717) is 12.5 Å². The lowest BCUT2D eigenvalue weighted by molar-refractivity contribution is 0.0869. The highest BCUT2D eigenvalue weighted by molar-refractivity contribution is 5.98. The van der Waals surface area contributed by atoms with Gasteiger partial charge in [-0.2, -0.15) is 0 Å². The van der Waals surface area contributed by atoms with Crippen LogP contribution in [0, 0.1) is 17.7 Å². The molecule has 0 aromatic heterocycles. The summed E-state index contributed by atoms with van der Waals surface area (Å²) in [5.74, 6) is 0.0754. The van der Waals surface area contributed by atoms with Crippen molar-refractivity contribution in [1.82, 2.24) is 0 Å². The Morgan fingerprint density at radius 3 is 2.47 bits per heavy atom. The molecule has 0 saturated heterocycles. The van der Waals surface area contributed by atoms with E-state index >= 15 is 0 Å². The molecule has 17 heavy (non-hydrogen) atoms. The van der Waals surface area contributed by atoms with E-state index in [1.807, 2.05) is 0 Å². The number of hydrogen-bond acceptors (Lipinski definition) is 2. The summed E-state index contributed by atoms with van der Waals surface area (Å²) in [4.78, 5) is 12.1. The van der Waals surface area contributed by atoms with Crippen molar-refractivity contribution in [3.63, 3.8) is 0 Å². The van der Waals surface area contributed by atoms with Gasteiger partial charge in [0.15, 0.2) is 5.78 Å². The molecule has 2 nitrogen and oxygen atoms in total. The van der Waals surface area contributed by atoms with Crippen LogP contribution in [0.25, 0.3) is 0 Å². The van der Waals surface area contributed by atoms with Crippen LogP contribution in [-0.4, -0.2) is 12.3 Å². The summed E-state index contributed by atoms with van der Waals surface area (Å²) in [6.07, 6.45) is 3.66. The van der Waals surface area contributed by atoms with Gasteiger partial charge in [-0.1, -0.05) is 12.1 Å². The Kier molecular flexibility index (Phi) is 3.89. The molecule has 1 aliphatic rings. The second kappa shape index (κ2) is 5.41. The summed E-state index contributed by atoms with van der Waals surface area (Å²) in [6.45, 7) is 0.695. The van der Waals surface area contributed by atoms with Crippen LogP contribution < -0.4 is 5.73 Å². The summed E-state index contributed by atoms with van der Waals surface area (Å²) in [5, 5.41) is 0. The molecule has 0 bridgehead atoms. The normalized spacial score (nSPS) is 24.6. The molecular formula is C14H18FNO. The average Bonchev–Trinajstić information content (AvgIpc) is 2.39. The lowest BCUT2D eigenvalue weighted by Crippen LogP contribution is -2.26. The van der Waals surface area contributed by atoms with Gasteiger partial charge in [0.2, 0.25) is 0 Å². The highest BCUT2D eigenvalue weighted by Crippen LogP contribution is 2.30. The van der Waals surface area contributed by atoms with Crippen LogP contribution >= 0.6 is 0 Å². The van der Waals surface area contributed by atoms with Crippen molar-refractivity contribution in [2.45, 2.75) is 25.7 Å². The van der Waals surface area contributed by atoms with Crippen LogP contribution in [-0.2, 0) is 0 Å². The fraction of sp³-hybridized carbons (Fsp3) is 0.500. The Hall–Kier alpha value is -1.22. The van der Waals surface area contributed by atoms with Crippen molar-refractivity contribution < 1.29 is 9.18 Å². The summed E-state index contributed by atoms with van der Waals surface area (Å²) in [5.41, 5.74) is 5.85. The molecule has 1 aromatic rings. The van der Waals surface area contributed by atoms with Crippen LogP contribution in [0.5, 0.6) is 0 Å².